The van der Waals surface area contributed by atoms with E-state index in [1.54, 1.807) is 7.05 Å². The number of imidazole rings is 1. The molecule has 1 fully saturated rings. The minimum atomic E-state index is -0.0198. The second kappa shape index (κ2) is 9.92. The zero-order chi connectivity index (χ0) is 19.8. The number of nitrogens with zero attached hydrogens (tertiary/aromatic N) is 4. The van der Waals surface area contributed by atoms with Gasteiger partial charge in [0, 0.05) is 39.1 Å². The van der Waals surface area contributed by atoms with E-state index < -0.39 is 0 Å². The summed E-state index contributed by atoms with van der Waals surface area (Å²) in [5.74, 6) is 1.33. The molecule has 0 aliphatic carbocycles. The first kappa shape index (κ1) is 19.9. The summed E-state index contributed by atoms with van der Waals surface area (Å²) in [5.41, 5.74) is 1.22. The highest BCUT2D eigenvalue weighted by Gasteiger charge is 2.28. The van der Waals surface area contributed by atoms with Gasteiger partial charge in [0.25, 0.3) is 0 Å². The van der Waals surface area contributed by atoms with E-state index in [-0.39, 0.29) is 12.5 Å². The summed E-state index contributed by atoms with van der Waals surface area (Å²) >= 11 is 0. The predicted octanol–water partition coefficient (Wildman–Crippen LogP) is 1.70. The molecule has 2 aromatic rings. The Hall–Kier alpha value is -2.83. The van der Waals surface area contributed by atoms with Gasteiger partial charge < -0.3 is 20.1 Å². The number of benzene rings is 1. The molecule has 1 aromatic carbocycles. The number of carbonyl (C=O) groups is 1. The molecule has 1 aliphatic rings. The molecule has 0 radical (unpaired) electrons. The lowest BCUT2D eigenvalue weighted by molar-refractivity contribution is -0.120. The topological polar surface area (TPSA) is 74.6 Å². The van der Waals surface area contributed by atoms with E-state index in [9.17, 15) is 4.79 Å². The highest BCUT2D eigenvalue weighted by Crippen LogP contribution is 2.27. The number of aliphatic imine (C=N–C) groups is 1. The molecule has 1 amide bonds. The van der Waals surface area contributed by atoms with E-state index in [0.29, 0.717) is 18.5 Å². The van der Waals surface area contributed by atoms with E-state index >= 15 is 0 Å². The molecule has 7 heteroatoms. The highest BCUT2D eigenvalue weighted by atomic mass is 16.1. The van der Waals surface area contributed by atoms with Crippen LogP contribution in [0.5, 0.6) is 0 Å². The number of likely N-dealkylation sites (tertiary alicyclic amines) is 1. The van der Waals surface area contributed by atoms with Crippen molar-refractivity contribution in [2.24, 2.45) is 10.9 Å². The Kier molecular flexibility index (Phi) is 7.06. The van der Waals surface area contributed by atoms with Gasteiger partial charge in [-0.15, -0.1) is 0 Å². The summed E-state index contributed by atoms with van der Waals surface area (Å²) in [7, 11) is 1.76. The van der Waals surface area contributed by atoms with Crippen LogP contribution >= 0.6 is 0 Å². The summed E-state index contributed by atoms with van der Waals surface area (Å²) in [4.78, 5) is 23.0. The second-order valence-electron chi connectivity index (χ2n) is 7.28. The lowest BCUT2D eigenvalue weighted by atomic mass is 9.93. The van der Waals surface area contributed by atoms with Crippen LogP contribution in [-0.4, -0.2) is 59.5 Å². The maximum absolute atomic E-state index is 12.2. The Bertz CT molecular complexity index is 758. The zero-order valence-corrected chi connectivity index (χ0v) is 16.7. The molecule has 1 aliphatic heterocycles. The molecular formula is C21H30N6O. The number of piperidine rings is 1. The lowest BCUT2D eigenvalue weighted by Crippen LogP contribution is -2.50. The summed E-state index contributed by atoms with van der Waals surface area (Å²) < 4.78 is 2.17. The van der Waals surface area contributed by atoms with Crippen molar-refractivity contribution in [1.82, 2.24) is 25.1 Å². The Morgan fingerprint density at radius 3 is 2.82 bits per heavy atom. The van der Waals surface area contributed by atoms with Crippen LogP contribution in [0.3, 0.4) is 0 Å². The Morgan fingerprint density at radius 1 is 1.29 bits per heavy atom. The summed E-state index contributed by atoms with van der Waals surface area (Å²) in [6.07, 6.45) is 7.62. The number of nitrogens with one attached hydrogen (secondary N) is 2. The molecule has 7 nitrogen and oxygen atoms in total. The van der Waals surface area contributed by atoms with E-state index in [2.05, 4.69) is 49.1 Å². The molecule has 2 atom stereocenters. The van der Waals surface area contributed by atoms with Crippen LogP contribution in [-0.2, 0) is 11.2 Å². The van der Waals surface area contributed by atoms with Crippen molar-refractivity contribution in [2.75, 3.05) is 33.2 Å². The minimum absolute atomic E-state index is 0.0198. The van der Waals surface area contributed by atoms with E-state index in [0.717, 1.165) is 31.9 Å². The Balaban J connectivity index is 1.45. The van der Waals surface area contributed by atoms with Crippen LogP contribution in [0, 0.1) is 5.92 Å². The predicted molar refractivity (Wildman–Crippen MR) is 111 cm³/mol. The van der Waals surface area contributed by atoms with Gasteiger partial charge >= 0.3 is 0 Å². The van der Waals surface area contributed by atoms with Crippen molar-refractivity contribution in [3.63, 3.8) is 0 Å². The maximum atomic E-state index is 12.2. The smallest absolute Gasteiger partial charge is 0.239 e. The molecule has 1 aromatic heterocycles. The third-order valence-corrected chi connectivity index (χ3v) is 5.32. The van der Waals surface area contributed by atoms with Gasteiger partial charge in [-0.2, -0.15) is 0 Å². The molecule has 2 N–H and O–H groups in total. The number of guanidine groups is 1. The number of aromatic nitrogens is 2. The highest BCUT2D eigenvalue weighted by molar-refractivity contribution is 5.86. The minimum Gasteiger partial charge on any atom is -0.354 e. The van der Waals surface area contributed by atoms with Crippen molar-refractivity contribution >= 4 is 11.9 Å². The molecule has 150 valence electrons. The SMILES string of the molecule is CN=C(NCC(=O)NCCc1ccccc1)N1CCC(C)C(n2ccnc2)C1. The van der Waals surface area contributed by atoms with Crippen LogP contribution in [0.4, 0.5) is 0 Å². The van der Waals surface area contributed by atoms with Gasteiger partial charge in [-0.05, 0) is 24.3 Å². The quantitative estimate of drug-likeness (QED) is 0.589. The third kappa shape index (κ3) is 5.34. The van der Waals surface area contributed by atoms with Crippen LogP contribution < -0.4 is 10.6 Å². The fraction of sp³-hybridized carbons (Fsp3) is 0.476. The van der Waals surface area contributed by atoms with E-state index in [1.165, 1.54) is 5.56 Å². The standard InChI is InChI=1S/C21H30N6O/c1-17-9-12-26(15-19(17)27-13-11-23-16-27)21(22-2)25-14-20(28)24-10-8-18-6-4-3-5-7-18/h3-7,11,13,16-17,19H,8-10,12,14-15H2,1-2H3,(H,22,25)(H,24,28). The average molecular weight is 383 g/mol. The van der Waals surface area contributed by atoms with Crippen LogP contribution in [0.2, 0.25) is 0 Å². The van der Waals surface area contributed by atoms with Gasteiger partial charge in [-0.3, -0.25) is 9.79 Å². The van der Waals surface area contributed by atoms with Crippen molar-refractivity contribution in [1.29, 1.82) is 0 Å². The van der Waals surface area contributed by atoms with Crippen molar-refractivity contribution in [3.8, 4) is 0 Å². The second-order valence-corrected chi connectivity index (χ2v) is 7.28. The molecule has 0 saturated carbocycles. The monoisotopic (exact) mass is 382 g/mol. The number of hydrogen-bond donors (Lipinski definition) is 2. The molecule has 28 heavy (non-hydrogen) atoms. The molecule has 0 spiro atoms. The fourth-order valence-corrected chi connectivity index (χ4v) is 3.64. The first-order chi connectivity index (χ1) is 13.7. The summed E-state index contributed by atoms with van der Waals surface area (Å²) in [6.45, 7) is 4.92. The van der Waals surface area contributed by atoms with Gasteiger partial charge in [-0.25, -0.2) is 4.98 Å². The van der Waals surface area contributed by atoms with Gasteiger partial charge in [0.2, 0.25) is 5.91 Å². The summed E-state index contributed by atoms with van der Waals surface area (Å²) in [6, 6.07) is 10.5. The first-order valence-corrected chi connectivity index (χ1v) is 9.91. The number of amides is 1. The zero-order valence-electron chi connectivity index (χ0n) is 16.7. The molecule has 3 rings (SSSR count). The largest absolute Gasteiger partial charge is 0.354 e. The normalized spacial score (nSPS) is 20.1. The molecule has 0 bridgehead atoms. The maximum Gasteiger partial charge on any atom is 0.239 e. The lowest BCUT2D eigenvalue weighted by Gasteiger charge is -2.39. The molecular weight excluding hydrogens is 352 g/mol. The van der Waals surface area contributed by atoms with Gasteiger partial charge in [0.1, 0.15) is 0 Å². The van der Waals surface area contributed by atoms with E-state index in [4.69, 9.17) is 0 Å². The van der Waals surface area contributed by atoms with Gasteiger partial charge in [0.15, 0.2) is 5.96 Å². The molecule has 2 unspecified atom stereocenters. The van der Waals surface area contributed by atoms with Crippen LogP contribution in [0.15, 0.2) is 54.0 Å². The Labute approximate surface area is 166 Å². The van der Waals surface area contributed by atoms with E-state index in [1.807, 2.05) is 36.9 Å². The third-order valence-electron chi connectivity index (χ3n) is 5.32. The Morgan fingerprint density at radius 2 is 2.11 bits per heavy atom. The van der Waals surface area contributed by atoms with Crippen molar-refractivity contribution in [2.45, 2.75) is 25.8 Å². The van der Waals surface area contributed by atoms with Gasteiger partial charge in [-0.1, -0.05) is 37.3 Å². The number of carbonyl (C=O) groups excluding carboxylic acids is 1. The van der Waals surface area contributed by atoms with Gasteiger partial charge in [0.05, 0.1) is 18.9 Å². The fourth-order valence-electron chi connectivity index (χ4n) is 3.64. The number of rotatable bonds is 6. The molecule has 1 saturated heterocycles. The first-order valence-electron chi connectivity index (χ1n) is 9.91. The molecule has 2 heterocycles. The average Bonchev–Trinajstić information content (AvgIpc) is 3.25. The number of hydrogen-bond acceptors (Lipinski definition) is 3. The van der Waals surface area contributed by atoms with Crippen LogP contribution in [0.1, 0.15) is 24.9 Å². The van der Waals surface area contributed by atoms with Crippen LogP contribution in [0.25, 0.3) is 0 Å². The van der Waals surface area contributed by atoms with Crippen molar-refractivity contribution < 1.29 is 4.79 Å². The van der Waals surface area contributed by atoms with Crippen molar-refractivity contribution in [3.05, 3.63) is 54.6 Å². The summed E-state index contributed by atoms with van der Waals surface area (Å²) in [5, 5.41) is 6.17.